The van der Waals surface area contributed by atoms with E-state index in [0.29, 0.717) is 6.04 Å². The lowest BCUT2D eigenvalue weighted by atomic mass is 10.1. The molecule has 0 radical (unpaired) electrons. The van der Waals surface area contributed by atoms with Crippen LogP contribution >= 0.6 is 11.5 Å². The van der Waals surface area contributed by atoms with E-state index in [1.54, 1.807) is 0 Å². The van der Waals surface area contributed by atoms with Crippen LogP contribution in [0.3, 0.4) is 0 Å². The van der Waals surface area contributed by atoms with Crippen LogP contribution in [-0.4, -0.2) is 40.4 Å². The van der Waals surface area contributed by atoms with E-state index < -0.39 is 0 Å². The maximum atomic E-state index is 4.50. The third-order valence-electron chi connectivity index (χ3n) is 2.89. The molecule has 16 heavy (non-hydrogen) atoms. The van der Waals surface area contributed by atoms with Crippen molar-refractivity contribution < 1.29 is 0 Å². The highest BCUT2D eigenvalue weighted by molar-refractivity contribution is 7.09. The Morgan fingerprint density at radius 2 is 2.44 bits per heavy atom. The summed E-state index contributed by atoms with van der Waals surface area (Å²) in [7, 11) is 2.18. The van der Waals surface area contributed by atoms with Crippen molar-refractivity contribution in [2.24, 2.45) is 0 Å². The summed E-state index contributed by atoms with van der Waals surface area (Å²) >= 11 is 1.49. The summed E-state index contributed by atoms with van der Waals surface area (Å²) in [6.45, 7) is 4.49. The molecule has 5 heteroatoms. The normalized spacial score (nSPS) is 22.2. The van der Waals surface area contributed by atoms with E-state index in [4.69, 9.17) is 0 Å². The second-order valence-electron chi connectivity index (χ2n) is 4.51. The van der Waals surface area contributed by atoms with Crippen LogP contribution in [0.15, 0.2) is 0 Å². The summed E-state index contributed by atoms with van der Waals surface area (Å²) in [6, 6.07) is 0.543. The topological polar surface area (TPSA) is 41.1 Å². The predicted octanol–water partition coefficient (Wildman–Crippen LogP) is 2.00. The molecule has 1 N–H and O–H groups in total. The van der Waals surface area contributed by atoms with E-state index in [-0.39, 0.29) is 0 Å². The monoisotopic (exact) mass is 240 g/mol. The van der Waals surface area contributed by atoms with Crippen molar-refractivity contribution in [2.75, 3.05) is 25.5 Å². The van der Waals surface area contributed by atoms with Crippen LogP contribution in [0.2, 0.25) is 0 Å². The lowest BCUT2D eigenvalue weighted by molar-refractivity contribution is 0.261. The average Bonchev–Trinajstić information content (AvgIpc) is 2.66. The van der Waals surface area contributed by atoms with E-state index in [1.165, 1.54) is 30.9 Å². The number of piperidine rings is 1. The van der Waals surface area contributed by atoms with Gasteiger partial charge >= 0.3 is 0 Å². The summed E-state index contributed by atoms with van der Waals surface area (Å²) in [5, 5.41) is 4.48. The molecule has 0 bridgehead atoms. The number of hydrogen-bond acceptors (Lipinski definition) is 5. The third-order valence-corrected chi connectivity index (χ3v) is 3.58. The molecule has 1 atom stereocenters. The first-order valence-electron chi connectivity index (χ1n) is 6.05. The fourth-order valence-corrected chi connectivity index (χ4v) is 2.79. The van der Waals surface area contributed by atoms with Crippen LogP contribution in [0, 0.1) is 0 Å². The minimum atomic E-state index is 0.543. The van der Waals surface area contributed by atoms with E-state index in [9.17, 15) is 0 Å². The van der Waals surface area contributed by atoms with Gasteiger partial charge < -0.3 is 10.2 Å². The lowest BCUT2D eigenvalue weighted by Gasteiger charge is -2.29. The molecular weight excluding hydrogens is 220 g/mol. The first kappa shape index (κ1) is 11.8. The molecule has 1 aromatic rings. The summed E-state index contributed by atoms with van der Waals surface area (Å²) in [6.07, 6.45) is 4.62. The van der Waals surface area contributed by atoms with E-state index >= 15 is 0 Å². The number of nitrogens with one attached hydrogen (secondary N) is 1. The Kier molecular flexibility index (Phi) is 4.12. The molecule has 4 nitrogen and oxygen atoms in total. The molecule has 90 valence electrons. The van der Waals surface area contributed by atoms with Gasteiger partial charge in [0.1, 0.15) is 5.82 Å². The molecule has 1 aliphatic rings. The van der Waals surface area contributed by atoms with Crippen LogP contribution in [0.1, 0.15) is 32.0 Å². The van der Waals surface area contributed by atoms with Gasteiger partial charge in [0.25, 0.3) is 0 Å². The molecule has 1 aromatic heterocycles. The predicted molar refractivity (Wildman–Crippen MR) is 68.0 cm³/mol. The van der Waals surface area contributed by atoms with Crippen LogP contribution in [0.4, 0.5) is 5.13 Å². The summed E-state index contributed by atoms with van der Waals surface area (Å²) < 4.78 is 4.34. The number of aromatic nitrogens is 2. The van der Waals surface area contributed by atoms with Crippen molar-refractivity contribution in [2.45, 2.75) is 38.6 Å². The van der Waals surface area contributed by atoms with E-state index in [1.807, 2.05) is 0 Å². The molecular formula is C11H20N4S. The minimum absolute atomic E-state index is 0.543. The molecule has 2 heterocycles. The Labute approximate surface area is 101 Å². The van der Waals surface area contributed by atoms with Gasteiger partial charge in [-0.15, -0.1) is 0 Å². The number of likely N-dealkylation sites (tertiary alicyclic amines) is 1. The first-order chi connectivity index (χ1) is 7.78. The number of rotatable bonds is 4. The molecule has 0 spiro atoms. The Morgan fingerprint density at radius 1 is 1.56 bits per heavy atom. The van der Waals surface area contributed by atoms with Gasteiger partial charge in [0.2, 0.25) is 5.13 Å². The highest BCUT2D eigenvalue weighted by atomic mass is 32.1. The summed E-state index contributed by atoms with van der Waals surface area (Å²) in [4.78, 5) is 6.87. The quantitative estimate of drug-likeness (QED) is 0.874. The maximum Gasteiger partial charge on any atom is 0.202 e. The fraction of sp³-hybridized carbons (Fsp3) is 0.818. The molecule has 0 aliphatic carbocycles. The van der Waals surface area contributed by atoms with Crippen LogP contribution in [-0.2, 0) is 6.42 Å². The van der Waals surface area contributed by atoms with Crippen molar-refractivity contribution in [3.8, 4) is 0 Å². The fourth-order valence-electron chi connectivity index (χ4n) is 2.10. The number of hydrogen-bond donors (Lipinski definition) is 1. The lowest BCUT2D eigenvalue weighted by Crippen LogP contribution is -2.39. The van der Waals surface area contributed by atoms with Crippen molar-refractivity contribution in [1.29, 1.82) is 0 Å². The van der Waals surface area contributed by atoms with Gasteiger partial charge in [0.05, 0.1) is 0 Å². The van der Waals surface area contributed by atoms with Crippen molar-refractivity contribution in [3.05, 3.63) is 5.82 Å². The molecule has 0 aromatic carbocycles. The second-order valence-corrected chi connectivity index (χ2v) is 5.26. The SMILES string of the molecule is CCCc1nsc(NC2CCCN(C)C2)n1. The van der Waals surface area contributed by atoms with Gasteiger partial charge in [0, 0.05) is 30.5 Å². The van der Waals surface area contributed by atoms with Gasteiger partial charge in [-0.1, -0.05) is 6.92 Å². The first-order valence-corrected chi connectivity index (χ1v) is 6.83. The Morgan fingerprint density at radius 3 is 3.19 bits per heavy atom. The van der Waals surface area contributed by atoms with E-state index in [2.05, 4.69) is 33.5 Å². The van der Waals surface area contributed by atoms with Crippen LogP contribution < -0.4 is 5.32 Å². The smallest absolute Gasteiger partial charge is 0.202 e. The van der Waals surface area contributed by atoms with Crippen molar-refractivity contribution in [3.63, 3.8) is 0 Å². The molecule has 1 fully saturated rings. The summed E-state index contributed by atoms with van der Waals surface area (Å²) in [5.41, 5.74) is 0. The van der Waals surface area contributed by atoms with Crippen molar-refractivity contribution >= 4 is 16.7 Å². The molecule has 0 saturated carbocycles. The maximum absolute atomic E-state index is 4.50. The highest BCUT2D eigenvalue weighted by Crippen LogP contribution is 2.17. The van der Waals surface area contributed by atoms with Gasteiger partial charge in [-0.3, -0.25) is 0 Å². The van der Waals surface area contributed by atoms with Gasteiger partial charge in [-0.05, 0) is 32.9 Å². The van der Waals surface area contributed by atoms with Gasteiger partial charge in [-0.25, -0.2) is 4.98 Å². The molecule has 0 amide bonds. The second kappa shape index (κ2) is 5.59. The molecule has 1 unspecified atom stereocenters. The van der Waals surface area contributed by atoms with Crippen molar-refractivity contribution in [1.82, 2.24) is 14.3 Å². The zero-order valence-corrected chi connectivity index (χ0v) is 10.9. The number of aryl methyl sites for hydroxylation is 1. The number of likely N-dealkylation sites (N-methyl/N-ethyl adjacent to an activating group) is 1. The largest absolute Gasteiger partial charge is 0.356 e. The Bertz CT molecular complexity index is 326. The van der Waals surface area contributed by atoms with Gasteiger partial charge in [-0.2, -0.15) is 4.37 Å². The van der Waals surface area contributed by atoms with Crippen LogP contribution in [0.25, 0.3) is 0 Å². The molecule has 1 aliphatic heterocycles. The average molecular weight is 240 g/mol. The van der Waals surface area contributed by atoms with E-state index in [0.717, 1.165) is 30.3 Å². The minimum Gasteiger partial charge on any atom is -0.356 e. The van der Waals surface area contributed by atoms with Crippen LogP contribution in [0.5, 0.6) is 0 Å². The third kappa shape index (κ3) is 3.15. The Hall–Kier alpha value is -0.680. The number of nitrogens with zero attached hydrogens (tertiary/aromatic N) is 3. The Balaban J connectivity index is 1.87. The zero-order chi connectivity index (χ0) is 11.4. The molecule has 2 rings (SSSR count). The standard InChI is InChI=1S/C11H20N4S/c1-3-5-10-13-11(16-14-10)12-9-6-4-7-15(2)8-9/h9H,3-8H2,1-2H3,(H,12,13,14). The van der Waals surface area contributed by atoms with Gasteiger partial charge in [0.15, 0.2) is 0 Å². The molecule has 1 saturated heterocycles. The summed E-state index contributed by atoms with van der Waals surface area (Å²) in [5.74, 6) is 0.985. The number of anilines is 1. The highest BCUT2D eigenvalue weighted by Gasteiger charge is 2.17. The zero-order valence-electron chi connectivity index (χ0n) is 10.1.